The molecule has 0 unspecified atom stereocenters. The van der Waals surface area contributed by atoms with Gasteiger partial charge in [0.15, 0.2) is 11.7 Å². The van der Waals surface area contributed by atoms with E-state index in [9.17, 15) is 19.2 Å². The third-order valence-electron chi connectivity index (χ3n) is 3.41. The monoisotopic (exact) mass is 320 g/mol. The number of carbonyl (C=O) groups is 4. The normalized spacial score (nSPS) is 10.3. The number of ether oxygens (including phenoxy) is 2. The fourth-order valence-corrected chi connectivity index (χ4v) is 2.03. The quantitative estimate of drug-likeness (QED) is 0.413. The zero-order chi connectivity index (χ0) is 17.4. The van der Waals surface area contributed by atoms with Gasteiger partial charge in [0, 0.05) is 12.0 Å². The lowest BCUT2D eigenvalue weighted by Gasteiger charge is -2.11. The molecule has 0 amide bonds. The lowest BCUT2D eigenvalue weighted by atomic mass is 9.98. The van der Waals surface area contributed by atoms with Crippen molar-refractivity contribution in [3.8, 4) is 0 Å². The standard InChI is InChI=1S/C17H20O6/c1-11-4-6-12(7-5-11)15(19)10-13(18)8-9-14(16(20)22-2)17(21)23-3/h4-7,14H,8-10H2,1-3H3. The van der Waals surface area contributed by atoms with E-state index in [-0.39, 0.29) is 30.8 Å². The average molecular weight is 320 g/mol. The zero-order valence-electron chi connectivity index (χ0n) is 13.5. The summed E-state index contributed by atoms with van der Waals surface area (Å²) >= 11 is 0. The summed E-state index contributed by atoms with van der Waals surface area (Å²) in [5.74, 6) is -3.29. The van der Waals surface area contributed by atoms with Crippen LogP contribution < -0.4 is 0 Å². The van der Waals surface area contributed by atoms with Crippen LogP contribution in [0, 0.1) is 12.8 Å². The molecule has 0 spiro atoms. The molecule has 1 aromatic rings. The van der Waals surface area contributed by atoms with E-state index in [1.165, 1.54) is 0 Å². The first-order chi connectivity index (χ1) is 10.9. The van der Waals surface area contributed by atoms with Crippen molar-refractivity contribution in [3.05, 3.63) is 35.4 Å². The number of benzene rings is 1. The first-order valence-corrected chi connectivity index (χ1v) is 7.16. The van der Waals surface area contributed by atoms with E-state index in [2.05, 4.69) is 9.47 Å². The van der Waals surface area contributed by atoms with E-state index in [4.69, 9.17) is 0 Å². The smallest absolute Gasteiger partial charge is 0.320 e. The molecule has 23 heavy (non-hydrogen) atoms. The Hall–Kier alpha value is -2.50. The Balaban J connectivity index is 2.58. The highest BCUT2D eigenvalue weighted by atomic mass is 16.5. The Kier molecular flexibility index (Phi) is 7.12. The van der Waals surface area contributed by atoms with Crippen molar-refractivity contribution in [3.63, 3.8) is 0 Å². The molecule has 0 saturated heterocycles. The first-order valence-electron chi connectivity index (χ1n) is 7.16. The molecule has 0 bridgehead atoms. The highest BCUT2D eigenvalue weighted by Gasteiger charge is 2.29. The third-order valence-corrected chi connectivity index (χ3v) is 3.41. The SMILES string of the molecule is COC(=O)C(CCC(=O)CC(=O)c1ccc(C)cc1)C(=O)OC. The third kappa shape index (κ3) is 5.65. The Labute approximate surface area is 134 Å². The molecule has 124 valence electrons. The Bertz CT molecular complexity index is 572. The molecule has 0 saturated carbocycles. The minimum absolute atomic E-state index is 0.0423. The molecule has 0 radical (unpaired) electrons. The van der Waals surface area contributed by atoms with Crippen LogP contribution in [0.5, 0.6) is 0 Å². The van der Waals surface area contributed by atoms with Crippen LogP contribution in [0.15, 0.2) is 24.3 Å². The Morgan fingerprint density at radius 3 is 1.96 bits per heavy atom. The molecular weight excluding hydrogens is 300 g/mol. The second kappa shape index (κ2) is 8.82. The molecule has 0 aliphatic carbocycles. The largest absolute Gasteiger partial charge is 0.468 e. The molecule has 1 aromatic carbocycles. The second-order valence-corrected chi connectivity index (χ2v) is 5.14. The van der Waals surface area contributed by atoms with Gasteiger partial charge in [-0.15, -0.1) is 0 Å². The maximum Gasteiger partial charge on any atom is 0.320 e. The maximum absolute atomic E-state index is 12.0. The summed E-state index contributed by atoms with van der Waals surface area (Å²) in [6.45, 7) is 1.90. The maximum atomic E-state index is 12.0. The zero-order valence-corrected chi connectivity index (χ0v) is 13.5. The summed E-state index contributed by atoms with van der Waals surface area (Å²) in [6.07, 6.45) is -0.385. The summed E-state index contributed by atoms with van der Waals surface area (Å²) in [7, 11) is 2.31. The van der Waals surface area contributed by atoms with E-state index in [1.807, 2.05) is 6.92 Å². The van der Waals surface area contributed by atoms with Gasteiger partial charge in [0.2, 0.25) is 0 Å². The molecule has 0 aliphatic rings. The summed E-state index contributed by atoms with van der Waals surface area (Å²) in [5, 5.41) is 0. The van der Waals surface area contributed by atoms with Gasteiger partial charge in [0.1, 0.15) is 5.78 Å². The van der Waals surface area contributed by atoms with Crippen LogP contribution in [-0.2, 0) is 23.9 Å². The minimum atomic E-state index is -1.15. The number of esters is 2. The van der Waals surface area contributed by atoms with Gasteiger partial charge >= 0.3 is 11.9 Å². The molecular formula is C17H20O6. The topological polar surface area (TPSA) is 86.7 Å². The van der Waals surface area contributed by atoms with Crippen LogP contribution in [0.4, 0.5) is 0 Å². The number of ketones is 2. The fourth-order valence-electron chi connectivity index (χ4n) is 2.03. The summed E-state index contributed by atoms with van der Waals surface area (Å²) in [6, 6.07) is 6.91. The molecule has 0 fully saturated rings. The molecule has 1 rings (SSSR count). The second-order valence-electron chi connectivity index (χ2n) is 5.14. The summed E-state index contributed by atoms with van der Waals surface area (Å²) in [4.78, 5) is 46.9. The average Bonchev–Trinajstić information content (AvgIpc) is 2.54. The van der Waals surface area contributed by atoms with E-state index < -0.39 is 17.9 Å². The summed E-state index contributed by atoms with van der Waals surface area (Å²) in [5.41, 5.74) is 1.48. The highest BCUT2D eigenvalue weighted by molar-refractivity contribution is 6.08. The predicted octanol–water partition coefficient (Wildman–Crippen LogP) is 1.88. The lowest BCUT2D eigenvalue weighted by molar-refractivity contribution is -0.159. The number of methoxy groups -OCH3 is 2. The van der Waals surface area contributed by atoms with Crippen molar-refractivity contribution in [2.24, 2.45) is 5.92 Å². The van der Waals surface area contributed by atoms with E-state index in [0.717, 1.165) is 19.8 Å². The van der Waals surface area contributed by atoms with Crippen LogP contribution in [0.3, 0.4) is 0 Å². The van der Waals surface area contributed by atoms with Gasteiger partial charge in [-0.1, -0.05) is 29.8 Å². The van der Waals surface area contributed by atoms with E-state index in [0.29, 0.717) is 5.56 Å². The number of hydrogen-bond acceptors (Lipinski definition) is 6. The van der Waals surface area contributed by atoms with Crippen molar-refractivity contribution in [2.75, 3.05) is 14.2 Å². The van der Waals surface area contributed by atoms with Gasteiger partial charge in [-0.2, -0.15) is 0 Å². The van der Waals surface area contributed by atoms with Crippen LogP contribution in [0.1, 0.15) is 35.2 Å². The van der Waals surface area contributed by atoms with Gasteiger partial charge in [0.05, 0.1) is 20.6 Å². The molecule has 0 aliphatic heterocycles. The van der Waals surface area contributed by atoms with Crippen LogP contribution in [0.25, 0.3) is 0 Å². The number of rotatable bonds is 8. The molecule has 0 aromatic heterocycles. The van der Waals surface area contributed by atoms with Crippen LogP contribution in [-0.4, -0.2) is 37.7 Å². The van der Waals surface area contributed by atoms with Crippen molar-refractivity contribution >= 4 is 23.5 Å². The van der Waals surface area contributed by atoms with E-state index in [1.54, 1.807) is 24.3 Å². The highest BCUT2D eigenvalue weighted by Crippen LogP contribution is 2.13. The number of Topliss-reactive ketones (excluding diaryl/α,β-unsaturated/α-hetero) is 2. The molecule has 0 heterocycles. The van der Waals surface area contributed by atoms with Gasteiger partial charge in [-0.05, 0) is 13.3 Å². The number of aryl methyl sites for hydroxylation is 1. The van der Waals surface area contributed by atoms with Crippen LogP contribution >= 0.6 is 0 Å². The molecule has 0 N–H and O–H groups in total. The number of carbonyl (C=O) groups excluding carboxylic acids is 4. The van der Waals surface area contributed by atoms with Crippen LogP contribution in [0.2, 0.25) is 0 Å². The van der Waals surface area contributed by atoms with Gasteiger partial charge < -0.3 is 9.47 Å². The van der Waals surface area contributed by atoms with Crippen molar-refractivity contribution < 1.29 is 28.7 Å². The summed E-state index contributed by atoms with van der Waals surface area (Å²) < 4.78 is 9.02. The molecule has 0 atom stereocenters. The van der Waals surface area contributed by atoms with Crippen molar-refractivity contribution in [1.29, 1.82) is 0 Å². The minimum Gasteiger partial charge on any atom is -0.468 e. The Morgan fingerprint density at radius 2 is 1.48 bits per heavy atom. The van der Waals surface area contributed by atoms with E-state index >= 15 is 0 Å². The van der Waals surface area contributed by atoms with Crippen molar-refractivity contribution in [2.45, 2.75) is 26.2 Å². The lowest BCUT2D eigenvalue weighted by Crippen LogP contribution is -2.27. The van der Waals surface area contributed by atoms with Gasteiger partial charge in [-0.25, -0.2) is 0 Å². The number of hydrogen-bond donors (Lipinski definition) is 0. The Morgan fingerprint density at radius 1 is 0.957 bits per heavy atom. The van der Waals surface area contributed by atoms with Crippen molar-refractivity contribution in [1.82, 2.24) is 0 Å². The molecule has 6 heteroatoms. The van der Waals surface area contributed by atoms with Gasteiger partial charge in [0.25, 0.3) is 0 Å². The fraction of sp³-hybridized carbons (Fsp3) is 0.412. The molecule has 6 nitrogen and oxygen atoms in total. The first kappa shape index (κ1) is 18.5. The predicted molar refractivity (Wildman–Crippen MR) is 81.9 cm³/mol. The van der Waals surface area contributed by atoms with Gasteiger partial charge in [-0.3, -0.25) is 19.2 Å².